The van der Waals surface area contributed by atoms with E-state index >= 15 is 0 Å². The summed E-state index contributed by atoms with van der Waals surface area (Å²) in [6.45, 7) is -0.393. The predicted molar refractivity (Wildman–Crippen MR) is 63.9 cm³/mol. The minimum atomic E-state index is -1.30. The molecule has 0 aliphatic carbocycles. The Morgan fingerprint density at radius 2 is 1.50 bits per heavy atom. The van der Waals surface area contributed by atoms with Crippen LogP contribution in [0.15, 0.2) is 30.3 Å². The Morgan fingerprint density at radius 3 is 2.11 bits per heavy atom. The molecule has 1 aliphatic rings. The van der Waals surface area contributed by atoms with Crippen molar-refractivity contribution in [3.05, 3.63) is 35.9 Å². The summed E-state index contributed by atoms with van der Waals surface area (Å²) >= 11 is 0. The molecule has 0 spiro atoms. The Morgan fingerprint density at radius 1 is 0.889 bits per heavy atom. The highest BCUT2D eigenvalue weighted by Crippen LogP contribution is 2.23. The molecule has 0 radical (unpaired) electrons. The Balaban J connectivity index is 2.08. The molecule has 0 saturated carbocycles. The Kier molecular flexibility index (Phi) is 4.31. The molecule has 100 valence electrons. The second-order valence-corrected chi connectivity index (χ2v) is 4.56. The van der Waals surface area contributed by atoms with Crippen molar-refractivity contribution in [1.82, 2.24) is 0 Å². The Bertz CT molecular complexity index is 367. The maximum Gasteiger partial charge on any atom is 0.111 e. The van der Waals surface area contributed by atoms with Crippen molar-refractivity contribution >= 4 is 0 Å². The maximum atomic E-state index is 9.87. The lowest BCUT2D eigenvalue weighted by molar-refractivity contribution is -0.228. The molecule has 18 heavy (non-hydrogen) atoms. The van der Waals surface area contributed by atoms with Crippen molar-refractivity contribution in [3.63, 3.8) is 0 Å². The monoisotopic (exact) mass is 254 g/mol. The molecule has 2 rings (SSSR count). The summed E-state index contributed by atoms with van der Waals surface area (Å²) in [6.07, 6.45) is -4.81. The van der Waals surface area contributed by atoms with Crippen molar-refractivity contribution in [2.75, 3.05) is 6.61 Å². The van der Waals surface area contributed by atoms with Gasteiger partial charge in [0.25, 0.3) is 0 Å². The minimum Gasteiger partial charge on any atom is -0.394 e. The summed E-state index contributed by atoms with van der Waals surface area (Å²) in [6, 6.07) is 9.42. The summed E-state index contributed by atoms with van der Waals surface area (Å²) < 4.78 is 5.42. The van der Waals surface area contributed by atoms with Crippen LogP contribution in [0.4, 0.5) is 0 Å². The number of ether oxygens (including phenoxy) is 1. The van der Waals surface area contributed by atoms with Gasteiger partial charge >= 0.3 is 0 Å². The van der Waals surface area contributed by atoms with Gasteiger partial charge in [-0.2, -0.15) is 0 Å². The zero-order valence-electron chi connectivity index (χ0n) is 9.88. The third kappa shape index (κ3) is 2.71. The average Bonchev–Trinajstić information content (AvgIpc) is 2.40. The number of benzene rings is 1. The zero-order valence-corrected chi connectivity index (χ0v) is 9.88. The van der Waals surface area contributed by atoms with Crippen LogP contribution < -0.4 is 0 Å². The first-order valence-electron chi connectivity index (χ1n) is 5.98. The van der Waals surface area contributed by atoms with E-state index in [4.69, 9.17) is 9.84 Å². The predicted octanol–water partition coefficient (Wildman–Crippen LogP) is -0.929. The summed E-state index contributed by atoms with van der Waals surface area (Å²) in [5.74, 6) is 0. The van der Waals surface area contributed by atoms with E-state index in [0.717, 1.165) is 5.56 Å². The normalized spacial score (nSPS) is 36.6. The van der Waals surface area contributed by atoms with E-state index in [0.29, 0.717) is 6.42 Å². The van der Waals surface area contributed by atoms with Crippen LogP contribution in [0.25, 0.3) is 0 Å². The van der Waals surface area contributed by atoms with E-state index in [1.54, 1.807) is 0 Å². The zero-order chi connectivity index (χ0) is 13.1. The number of aliphatic hydroxyl groups excluding tert-OH is 4. The van der Waals surface area contributed by atoms with Crippen LogP contribution in [0, 0.1) is 0 Å². The lowest BCUT2D eigenvalue weighted by Crippen LogP contribution is -2.58. The van der Waals surface area contributed by atoms with Crippen LogP contribution in [-0.2, 0) is 11.2 Å². The highest BCUT2D eigenvalue weighted by atomic mass is 16.5. The molecule has 4 N–H and O–H groups in total. The van der Waals surface area contributed by atoms with Crippen LogP contribution in [0.2, 0.25) is 0 Å². The fraction of sp³-hybridized carbons (Fsp3) is 0.538. The van der Waals surface area contributed by atoms with E-state index in [1.165, 1.54) is 0 Å². The third-order valence-corrected chi connectivity index (χ3v) is 3.27. The number of hydrogen-bond acceptors (Lipinski definition) is 5. The van der Waals surface area contributed by atoms with Crippen LogP contribution >= 0.6 is 0 Å². The molecule has 5 nitrogen and oxygen atoms in total. The van der Waals surface area contributed by atoms with E-state index in [-0.39, 0.29) is 0 Å². The molecule has 1 aromatic rings. The van der Waals surface area contributed by atoms with Crippen molar-refractivity contribution in [3.8, 4) is 0 Å². The molecule has 0 aromatic heterocycles. The second-order valence-electron chi connectivity index (χ2n) is 4.56. The number of rotatable bonds is 3. The van der Waals surface area contributed by atoms with Crippen LogP contribution in [0.5, 0.6) is 0 Å². The molecule has 1 saturated heterocycles. The lowest BCUT2D eigenvalue weighted by atomic mass is 9.92. The molecule has 0 bridgehead atoms. The number of hydrogen-bond donors (Lipinski definition) is 4. The summed E-state index contributed by atoms with van der Waals surface area (Å²) in [7, 11) is 0. The van der Waals surface area contributed by atoms with E-state index in [2.05, 4.69) is 0 Å². The van der Waals surface area contributed by atoms with Gasteiger partial charge in [-0.05, 0) is 5.56 Å². The lowest BCUT2D eigenvalue weighted by Gasteiger charge is -2.40. The Labute approximate surface area is 105 Å². The van der Waals surface area contributed by atoms with Crippen molar-refractivity contribution < 1.29 is 25.2 Å². The van der Waals surface area contributed by atoms with Gasteiger partial charge in [-0.3, -0.25) is 0 Å². The fourth-order valence-corrected chi connectivity index (χ4v) is 2.19. The molecule has 1 aromatic carbocycles. The van der Waals surface area contributed by atoms with Gasteiger partial charge in [0.15, 0.2) is 0 Å². The van der Waals surface area contributed by atoms with Gasteiger partial charge in [0.05, 0.1) is 12.7 Å². The van der Waals surface area contributed by atoms with Gasteiger partial charge in [0, 0.05) is 6.42 Å². The molecule has 1 fully saturated rings. The molecule has 1 heterocycles. The van der Waals surface area contributed by atoms with E-state index < -0.39 is 37.1 Å². The van der Waals surface area contributed by atoms with Crippen LogP contribution in [0.1, 0.15) is 5.56 Å². The minimum absolute atomic E-state index is 0.393. The summed E-state index contributed by atoms with van der Waals surface area (Å²) in [4.78, 5) is 0. The van der Waals surface area contributed by atoms with Crippen molar-refractivity contribution in [2.24, 2.45) is 0 Å². The topological polar surface area (TPSA) is 90.2 Å². The van der Waals surface area contributed by atoms with Crippen molar-refractivity contribution in [1.29, 1.82) is 0 Å². The molecular formula is C13H18O5. The standard InChI is InChI=1S/C13H18O5/c14-7-10-12(16)13(17)11(15)9(18-10)6-8-4-2-1-3-5-8/h1-5,9-17H,6-7H2/t9-,10+,11+,12+,13+/m0/s1. The highest BCUT2D eigenvalue weighted by molar-refractivity contribution is 5.16. The van der Waals surface area contributed by atoms with Gasteiger partial charge in [0.2, 0.25) is 0 Å². The summed E-state index contributed by atoms with van der Waals surface area (Å²) in [5, 5.41) is 38.2. The third-order valence-electron chi connectivity index (χ3n) is 3.27. The molecular weight excluding hydrogens is 236 g/mol. The largest absolute Gasteiger partial charge is 0.394 e. The molecule has 1 aliphatic heterocycles. The maximum absolute atomic E-state index is 9.87. The quantitative estimate of drug-likeness (QED) is 0.559. The molecule has 0 unspecified atom stereocenters. The number of aliphatic hydroxyl groups is 4. The first-order valence-corrected chi connectivity index (χ1v) is 5.98. The van der Waals surface area contributed by atoms with Gasteiger partial charge < -0.3 is 25.2 Å². The molecule has 0 amide bonds. The van der Waals surface area contributed by atoms with Gasteiger partial charge in [-0.25, -0.2) is 0 Å². The first-order chi connectivity index (χ1) is 8.63. The van der Waals surface area contributed by atoms with Crippen LogP contribution in [-0.4, -0.2) is 57.6 Å². The second kappa shape index (κ2) is 5.77. The first kappa shape index (κ1) is 13.5. The van der Waals surface area contributed by atoms with E-state index in [9.17, 15) is 15.3 Å². The van der Waals surface area contributed by atoms with E-state index in [1.807, 2.05) is 30.3 Å². The van der Waals surface area contributed by atoms with Gasteiger partial charge in [0.1, 0.15) is 24.4 Å². The molecule has 5 atom stereocenters. The SMILES string of the molecule is OC[C@H]1O[C@@H](Cc2ccccc2)[C@@H](O)[C@@H](O)[C@@H]1O. The average molecular weight is 254 g/mol. The van der Waals surface area contributed by atoms with Crippen molar-refractivity contribution in [2.45, 2.75) is 36.9 Å². The Hall–Kier alpha value is -0.980. The highest BCUT2D eigenvalue weighted by Gasteiger charge is 2.43. The van der Waals surface area contributed by atoms with Gasteiger partial charge in [-0.15, -0.1) is 0 Å². The smallest absolute Gasteiger partial charge is 0.111 e. The van der Waals surface area contributed by atoms with Gasteiger partial charge in [-0.1, -0.05) is 30.3 Å². The fourth-order valence-electron chi connectivity index (χ4n) is 2.19. The molecule has 5 heteroatoms. The summed E-state index contributed by atoms with van der Waals surface area (Å²) in [5.41, 5.74) is 0.960. The van der Waals surface area contributed by atoms with Crippen LogP contribution in [0.3, 0.4) is 0 Å².